The van der Waals surface area contributed by atoms with Gasteiger partial charge in [0, 0.05) is 12.7 Å². The van der Waals surface area contributed by atoms with Crippen LogP contribution in [0.4, 0.5) is 18.9 Å². The molecule has 0 radical (unpaired) electrons. The van der Waals surface area contributed by atoms with Gasteiger partial charge in [0.1, 0.15) is 11.2 Å². The number of halogens is 3. The van der Waals surface area contributed by atoms with E-state index in [1.807, 2.05) is 13.8 Å². The van der Waals surface area contributed by atoms with Gasteiger partial charge in [0.05, 0.1) is 30.8 Å². The predicted molar refractivity (Wildman–Crippen MR) is 114 cm³/mol. The highest BCUT2D eigenvalue weighted by atomic mass is 19.2. The molecular formula is C22H22F3N3O5. The molecule has 0 fully saturated rings. The van der Waals surface area contributed by atoms with Crippen LogP contribution in [-0.4, -0.2) is 39.5 Å². The van der Waals surface area contributed by atoms with Gasteiger partial charge in [-0.25, -0.2) is 18.0 Å². The molecule has 0 amide bonds. The number of aliphatic hydroxyl groups is 1. The van der Waals surface area contributed by atoms with Crippen LogP contribution in [0.1, 0.15) is 35.8 Å². The molecule has 1 atom stereocenters. The monoisotopic (exact) mass is 465 g/mol. The van der Waals surface area contributed by atoms with Gasteiger partial charge < -0.3 is 24.8 Å². The second-order valence-electron chi connectivity index (χ2n) is 7.72. The molecule has 0 saturated carbocycles. The molecule has 0 aliphatic carbocycles. The van der Waals surface area contributed by atoms with Crippen LogP contribution in [0.25, 0.3) is 11.0 Å². The van der Waals surface area contributed by atoms with Crippen LogP contribution < -0.4 is 15.5 Å². The van der Waals surface area contributed by atoms with Crippen molar-refractivity contribution in [2.24, 2.45) is 5.92 Å². The average Bonchev–Trinajstić information content (AvgIpc) is 2.76. The Kier molecular flexibility index (Phi) is 6.92. The quantitative estimate of drug-likeness (QED) is 0.438. The maximum absolute atomic E-state index is 13.5. The van der Waals surface area contributed by atoms with Crippen LogP contribution in [0.3, 0.4) is 0 Å². The minimum absolute atomic E-state index is 0.0160. The number of methoxy groups -OCH3 is 1. The topological polar surface area (TPSA) is 114 Å². The first kappa shape index (κ1) is 24.1. The largest absolute Gasteiger partial charge is 0.479 e. The number of nitrogens with one attached hydrogen (secondary N) is 1. The number of hydrogen-bond donors (Lipinski definition) is 3. The molecule has 0 unspecified atom stereocenters. The van der Waals surface area contributed by atoms with Crippen molar-refractivity contribution in [3.63, 3.8) is 0 Å². The highest BCUT2D eigenvalue weighted by Crippen LogP contribution is 2.29. The minimum atomic E-state index is -1.59. The van der Waals surface area contributed by atoms with Crippen LogP contribution in [0, 0.1) is 23.4 Å². The summed E-state index contributed by atoms with van der Waals surface area (Å²) in [6.07, 6.45) is 1.14. The summed E-state index contributed by atoms with van der Waals surface area (Å²) in [7, 11) is 1.32. The Labute approximate surface area is 186 Å². The van der Waals surface area contributed by atoms with E-state index in [1.54, 1.807) is 0 Å². The third kappa shape index (κ3) is 4.63. The summed E-state index contributed by atoms with van der Waals surface area (Å²) in [5, 5.41) is 22.1. The fourth-order valence-corrected chi connectivity index (χ4v) is 3.47. The van der Waals surface area contributed by atoms with Crippen LogP contribution >= 0.6 is 0 Å². The summed E-state index contributed by atoms with van der Waals surface area (Å²) in [4.78, 5) is 28.9. The molecule has 0 spiro atoms. The van der Waals surface area contributed by atoms with Gasteiger partial charge in [-0.3, -0.25) is 4.79 Å². The van der Waals surface area contributed by atoms with Gasteiger partial charge in [-0.1, -0.05) is 13.8 Å². The van der Waals surface area contributed by atoms with Crippen molar-refractivity contribution >= 4 is 22.7 Å². The van der Waals surface area contributed by atoms with Gasteiger partial charge in [0.25, 0.3) is 0 Å². The Morgan fingerprint density at radius 3 is 2.36 bits per heavy atom. The van der Waals surface area contributed by atoms with E-state index in [0.29, 0.717) is 0 Å². The Hall–Kier alpha value is -3.60. The summed E-state index contributed by atoms with van der Waals surface area (Å²) < 4.78 is 46.9. The normalized spacial score (nSPS) is 12.2. The second kappa shape index (κ2) is 9.49. The smallest absolute Gasteiger partial charge is 0.341 e. The van der Waals surface area contributed by atoms with Gasteiger partial charge in [0.2, 0.25) is 11.3 Å². The summed E-state index contributed by atoms with van der Waals surface area (Å²) >= 11 is 0. The molecule has 8 nitrogen and oxygen atoms in total. The van der Waals surface area contributed by atoms with Crippen LogP contribution in [-0.2, 0) is 6.54 Å². The van der Waals surface area contributed by atoms with E-state index in [9.17, 15) is 33.0 Å². The second-order valence-corrected chi connectivity index (χ2v) is 7.72. The standard InChI is InChI=1S/C22H22F3N3O5/c1-10(2)17(9-29)28-8-13(22(31)32)19(30)12-6-16(21(33-3)27-20(12)28)26-7-11-4-14(23)18(25)15(24)5-11/h4-6,8,10,17,26,29H,7,9H2,1-3H3,(H,31,32)/t17-/m1/s1. The first-order chi connectivity index (χ1) is 15.6. The van der Waals surface area contributed by atoms with Gasteiger partial charge in [-0.05, 0) is 29.7 Å². The molecule has 0 aliphatic heterocycles. The lowest BCUT2D eigenvalue weighted by atomic mass is 10.0. The van der Waals surface area contributed by atoms with Crippen molar-refractivity contribution in [2.45, 2.75) is 26.4 Å². The Morgan fingerprint density at radius 2 is 1.85 bits per heavy atom. The Bertz CT molecular complexity index is 1250. The summed E-state index contributed by atoms with van der Waals surface area (Å²) in [5.41, 5.74) is -0.996. The average molecular weight is 465 g/mol. The number of aliphatic hydroxyl groups excluding tert-OH is 1. The zero-order chi connectivity index (χ0) is 24.4. The third-order valence-electron chi connectivity index (χ3n) is 5.23. The minimum Gasteiger partial charge on any atom is -0.479 e. The van der Waals surface area contributed by atoms with Crippen molar-refractivity contribution < 1.29 is 32.9 Å². The number of benzene rings is 1. The molecular weight excluding hydrogens is 443 g/mol. The summed E-state index contributed by atoms with van der Waals surface area (Å²) in [6, 6.07) is 2.37. The van der Waals surface area contributed by atoms with Crippen molar-refractivity contribution in [2.75, 3.05) is 19.0 Å². The number of carboxylic acid groups (broad SMARTS) is 1. The number of ether oxygens (including phenoxy) is 1. The van der Waals surface area contributed by atoms with E-state index in [4.69, 9.17) is 4.74 Å². The van der Waals surface area contributed by atoms with Crippen LogP contribution in [0.5, 0.6) is 5.88 Å². The molecule has 0 aliphatic rings. The van der Waals surface area contributed by atoms with Crippen LogP contribution in [0.15, 0.2) is 29.2 Å². The zero-order valence-electron chi connectivity index (χ0n) is 18.0. The summed E-state index contributed by atoms with van der Waals surface area (Å²) in [6.45, 7) is 3.13. The molecule has 2 aromatic heterocycles. The van der Waals surface area contributed by atoms with Gasteiger partial charge >= 0.3 is 5.97 Å². The zero-order valence-corrected chi connectivity index (χ0v) is 18.0. The molecule has 1 aromatic carbocycles. The Morgan fingerprint density at radius 1 is 1.21 bits per heavy atom. The maximum Gasteiger partial charge on any atom is 0.341 e. The predicted octanol–water partition coefficient (Wildman–Crippen LogP) is 3.32. The number of rotatable bonds is 8. The van der Waals surface area contributed by atoms with E-state index < -0.39 is 40.5 Å². The summed E-state index contributed by atoms with van der Waals surface area (Å²) in [5.74, 6) is -5.85. The lowest BCUT2D eigenvalue weighted by Crippen LogP contribution is -2.26. The lowest BCUT2D eigenvalue weighted by Gasteiger charge is -2.24. The lowest BCUT2D eigenvalue weighted by molar-refractivity contribution is 0.0694. The van der Waals surface area contributed by atoms with Gasteiger partial charge in [0.15, 0.2) is 17.5 Å². The molecule has 33 heavy (non-hydrogen) atoms. The van der Waals surface area contributed by atoms with E-state index >= 15 is 0 Å². The number of fused-ring (bicyclic) bond motifs is 1. The van der Waals surface area contributed by atoms with E-state index in [0.717, 1.165) is 18.3 Å². The molecule has 2 heterocycles. The van der Waals surface area contributed by atoms with Crippen LogP contribution in [0.2, 0.25) is 0 Å². The number of hydrogen-bond acceptors (Lipinski definition) is 6. The van der Waals surface area contributed by atoms with Crippen molar-refractivity contribution in [1.82, 2.24) is 9.55 Å². The number of nitrogens with zero attached hydrogens (tertiary/aromatic N) is 2. The number of aromatic carboxylic acids is 1. The highest BCUT2D eigenvalue weighted by molar-refractivity contribution is 5.93. The molecule has 0 saturated heterocycles. The molecule has 176 valence electrons. The maximum atomic E-state index is 13.5. The van der Waals surface area contributed by atoms with Crippen molar-refractivity contribution in [3.8, 4) is 5.88 Å². The van der Waals surface area contributed by atoms with Gasteiger partial charge in [-0.15, -0.1) is 0 Å². The van der Waals surface area contributed by atoms with E-state index in [1.165, 1.54) is 17.7 Å². The number of carboxylic acids is 1. The number of anilines is 1. The van der Waals surface area contributed by atoms with Gasteiger partial charge in [-0.2, -0.15) is 4.98 Å². The fraction of sp³-hybridized carbons (Fsp3) is 0.318. The number of carbonyl (C=O) groups is 1. The highest BCUT2D eigenvalue weighted by Gasteiger charge is 2.23. The Balaban J connectivity index is 2.17. The first-order valence-electron chi connectivity index (χ1n) is 9.94. The number of aromatic nitrogens is 2. The van der Waals surface area contributed by atoms with Crippen molar-refractivity contribution in [3.05, 3.63) is 63.2 Å². The van der Waals surface area contributed by atoms with Crippen molar-refractivity contribution in [1.29, 1.82) is 0 Å². The SMILES string of the molecule is COc1nc2c(cc1NCc1cc(F)c(F)c(F)c1)c(=O)c(C(=O)O)cn2[C@H](CO)C(C)C. The molecule has 3 rings (SSSR count). The molecule has 3 aromatic rings. The molecule has 3 N–H and O–H groups in total. The fourth-order valence-electron chi connectivity index (χ4n) is 3.47. The third-order valence-corrected chi connectivity index (χ3v) is 5.23. The van der Waals surface area contributed by atoms with E-state index in [2.05, 4.69) is 10.3 Å². The molecule has 0 bridgehead atoms. The molecule has 11 heteroatoms. The van der Waals surface area contributed by atoms with E-state index in [-0.39, 0.29) is 47.2 Å². The number of pyridine rings is 2. The first-order valence-corrected chi connectivity index (χ1v) is 9.94.